The van der Waals surface area contributed by atoms with Gasteiger partial charge in [-0.3, -0.25) is 0 Å². The predicted octanol–water partition coefficient (Wildman–Crippen LogP) is 4.08. The van der Waals surface area contributed by atoms with Gasteiger partial charge in [-0.2, -0.15) is 13.2 Å². The molecule has 0 radical (unpaired) electrons. The fraction of sp³-hybridized carbons (Fsp3) is 0.867. The molecule has 1 aliphatic carbocycles. The SMILES string of the molecule is NCC(O)(/C1=C/CCCCCCCCCC1)C(F)(F)F. The first-order chi connectivity index (χ1) is 9.42. The third-order valence-electron chi connectivity index (χ3n) is 4.09. The zero-order valence-electron chi connectivity index (χ0n) is 12.0. The average Bonchev–Trinajstić information content (AvgIpc) is 2.37. The Kier molecular flexibility index (Phi) is 7.03. The maximum atomic E-state index is 13.1. The van der Waals surface area contributed by atoms with E-state index < -0.39 is 18.3 Å². The van der Waals surface area contributed by atoms with Crippen molar-refractivity contribution in [2.45, 2.75) is 76.0 Å². The molecule has 2 nitrogen and oxygen atoms in total. The molecule has 0 fully saturated rings. The van der Waals surface area contributed by atoms with E-state index in [0.29, 0.717) is 12.8 Å². The minimum absolute atomic E-state index is 0.0630. The highest BCUT2D eigenvalue weighted by molar-refractivity contribution is 5.21. The van der Waals surface area contributed by atoms with E-state index in [-0.39, 0.29) is 12.0 Å². The molecule has 0 aromatic rings. The molecule has 118 valence electrons. The number of halogens is 3. The average molecular weight is 293 g/mol. The van der Waals surface area contributed by atoms with Crippen LogP contribution in [0.25, 0.3) is 0 Å². The largest absolute Gasteiger partial charge is 0.422 e. The minimum Gasteiger partial charge on any atom is -0.376 e. The number of allylic oxidation sites excluding steroid dienone is 1. The van der Waals surface area contributed by atoms with Gasteiger partial charge in [-0.25, -0.2) is 0 Å². The number of nitrogens with two attached hydrogens (primary N) is 1. The highest BCUT2D eigenvalue weighted by atomic mass is 19.4. The van der Waals surface area contributed by atoms with Gasteiger partial charge >= 0.3 is 6.18 Å². The Balaban J connectivity index is 2.83. The summed E-state index contributed by atoms with van der Waals surface area (Å²) in [6.45, 7) is -0.803. The number of aliphatic hydroxyl groups is 1. The van der Waals surface area contributed by atoms with Crippen LogP contribution in [0.3, 0.4) is 0 Å². The molecule has 0 amide bonds. The lowest BCUT2D eigenvalue weighted by Gasteiger charge is -2.32. The monoisotopic (exact) mass is 293 g/mol. The molecule has 0 saturated carbocycles. The van der Waals surface area contributed by atoms with E-state index in [1.165, 1.54) is 6.42 Å². The quantitative estimate of drug-likeness (QED) is 0.754. The second-order valence-corrected chi connectivity index (χ2v) is 5.66. The third kappa shape index (κ3) is 4.77. The lowest BCUT2D eigenvalue weighted by atomic mass is 9.87. The summed E-state index contributed by atoms with van der Waals surface area (Å²) in [5.74, 6) is 0. The first-order valence-electron chi connectivity index (χ1n) is 7.60. The van der Waals surface area contributed by atoms with Gasteiger partial charge in [0.1, 0.15) is 0 Å². The summed E-state index contributed by atoms with van der Waals surface area (Å²) in [5.41, 5.74) is 2.44. The van der Waals surface area contributed by atoms with Gasteiger partial charge in [0.15, 0.2) is 5.60 Å². The van der Waals surface area contributed by atoms with Crippen LogP contribution in [0.4, 0.5) is 13.2 Å². The highest BCUT2D eigenvalue weighted by Crippen LogP contribution is 2.38. The molecule has 1 aliphatic rings. The molecule has 3 N–H and O–H groups in total. The van der Waals surface area contributed by atoms with Crippen LogP contribution in [0.2, 0.25) is 0 Å². The third-order valence-corrected chi connectivity index (χ3v) is 4.09. The van der Waals surface area contributed by atoms with Crippen LogP contribution in [0.15, 0.2) is 11.6 Å². The lowest BCUT2D eigenvalue weighted by Crippen LogP contribution is -2.52. The molecule has 0 aromatic carbocycles. The van der Waals surface area contributed by atoms with Gasteiger partial charge in [-0.1, -0.05) is 44.6 Å². The van der Waals surface area contributed by atoms with Crippen molar-refractivity contribution in [3.8, 4) is 0 Å². The van der Waals surface area contributed by atoms with E-state index in [2.05, 4.69) is 0 Å². The van der Waals surface area contributed by atoms with Gasteiger partial charge in [-0.15, -0.1) is 0 Å². The summed E-state index contributed by atoms with van der Waals surface area (Å²) in [7, 11) is 0. The van der Waals surface area contributed by atoms with Gasteiger partial charge in [0.2, 0.25) is 0 Å². The summed E-state index contributed by atoms with van der Waals surface area (Å²) < 4.78 is 39.2. The first-order valence-corrected chi connectivity index (χ1v) is 7.60. The van der Waals surface area contributed by atoms with E-state index in [0.717, 1.165) is 38.5 Å². The molecule has 5 heteroatoms. The second kappa shape index (κ2) is 8.03. The molecule has 0 spiro atoms. The van der Waals surface area contributed by atoms with Crippen molar-refractivity contribution in [1.82, 2.24) is 0 Å². The Morgan fingerprint density at radius 3 is 1.95 bits per heavy atom. The fourth-order valence-electron chi connectivity index (χ4n) is 2.70. The Labute approximate surface area is 119 Å². The molecule has 0 aliphatic heterocycles. The summed E-state index contributed by atoms with van der Waals surface area (Å²) in [6.07, 6.45) is 5.82. The van der Waals surface area contributed by atoms with Crippen molar-refractivity contribution in [1.29, 1.82) is 0 Å². The van der Waals surface area contributed by atoms with Crippen molar-refractivity contribution in [2.24, 2.45) is 5.73 Å². The van der Waals surface area contributed by atoms with Crippen molar-refractivity contribution in [3.05, 3.63) is 11.6 Å². The zero-order valence-corrected chi connectivity index (χ0v) is 12.0. The Morgan fingerprint density at radius 2 is 1.45 bits per heavy atom. The predicted molar refractivity (Wildman–Crippen MR) is 74.3 cm³/mol. The van der Waals surface area contributed by atoms with Crippen molar-refractivity contribution >= 4 is 0 Å². The summed E-state index contributed by atoms with van der Waals surface area (Å²) in [4.78, 5) is 0. The normalized spacial score (nSPS) is 25.8. The van der Waals surface area contributed by atoms with Crippen LogP contribution in [0, 0.1) is 0 Å². The van der Waals surface area contributed by atoms with Crippen LogP contribution < -0.4 is 5.73 Å². The first kappa shape index (κ1) is 17.5. The maximum Gasteiger partial charge on any atom is 0.422 e. The van der Waals surface area contributed by atoms with Crippen LogP contribution >= 0.6 is 0 Å². The molecule has 0 heterocycles. The molecule has 0 aromatic heterocycles. The fourth-order valence-corrected chi connectivity index (χ4v) is 2.70. The Hall–Kier alpha value is -0.550. The van der Waals surface area contributed by atoms with Gasteiger partial charge in [0.05, 0.1) is 0 Å². The number of hydrogen-bond donors (Lipinski definition) is 2. The molecule has 1 atom stereocenters. The molecular formula is C15H26F3NO. The second-order valence-electron chi connectivity index (χ2n) is 5.66. The van der Waals surface area contributed by atoms with Crippen LogP contribution in [0.1, 0.15) is 64.2 Å². The van der Waals surface area contributed by atoms with Gasteiger partial charge in [-0.05, 0) is 31.3 Å². The van der Waals surface area contributed by atoms with Crippen molar-refractivity contribution in [3.63, 3.8) is 0 Å². The van der Waals surface area contributed by atoms with Crippen molar-refractivity contribution in [2.75, 3.05) is 6.54 Å². The molecule has 0 saturated heterocycles. The van der Waals surface area contributed by atoms with E-state index in [9.17, 15) is 18.3 Å². The van der Waals surface area contributed by atoms with Crippen LogP contribution in [-0.4, -0.2) is 23.4 Å². The van der Waals surface area contributed by atoms with E-state index >= 15 is 0 Å². The van der Waals surface area contributed by atoms with Gasteiger partial charge in [0.25, 0.3) is 0 Å². The number of hydrogen-bond acceptors (Lipinski definition) is 2. The Morgan fingerprint density at radius 1 is 0.950 bits per heavy atom. The lowest BCUT2D eigenvalue weighted by molar-refractivity contribution is -0.240. The smallest absolute Gasteiger partial charge is 0.376 e. The van der Waals surface area contributed by atoms with Crippen LogP contribution in [0.5, 0.6) is 0 Å². The zero-order chi connectivity index (χ0) is 15.1. The summed E-state index contributed by atoms with van der Waals surface area (Å²) >= 11 is 0. The molecule has 0 bridgehead atoms. The van der Waals surface area contributed by atoms with Crippen molar-refractivity contribution < 1.29 is 18.3 Å². The topological polar surface area (TPSA) is 46.2 Å². The summed E-state index contributed by atoms with van der Waals surface area (Å²) in [6, 6.07) is 0. The van der Waals surface area contributed by atoms with Crippen LogP contribution in [-0.2, 0) is 0 Å². The number of rotatable bonds is 2. The molecular weight excluding hydrogens is 267 g/mol. The molecule has 20 heavy (non-hydrogen) atoms. The van der Waals surface area contributed by atoms with E-state index in [1.54, 1.807) is 6.08 Å². The number of alkyl halides is 3. The maximum absolute atomic E-state index is 13.1. The Bertz CT molecular complexity index is 315. The highest BCUT2D eigenvalue weighted by Gasteiger charge is 2.54. The molecule has 1 rings (SSSR count). The minimum atomic E-state index is -4.70. The molecule has 1 unspecified atom stereocenters. The van der Waals surface area contributed by atoms with Gasteiger partial charge < -0.3 is 10.8 Å². The van der Waals surface area contributed by atoms with Gasteiger partial charge in [0, 0.05) is 6.54 Å². The summed E-state index contributed by atoms with van der Waals surface area (Å²) in [5, 5.41) is 9.97. The standard InChI is InChI=1S/C15H26F3NO/c16-15(17,18)14(20,12-19)13-10-8-6-4-2-1-3-5-7-9-11-13/h10,20H,1-9,11-12,19H2/b13-10+. The van der Waals surface area contributed by atoms with E-state index in [4.69, 9.17) is 5.73 Å². The van der Waals surface area contributed by atoms with E-state index in [1.807, 2.05) is 0 Å².